The van der Waals surface area contributed by atoms with Crippen molar-refractivity contribution in [1.82, 2.24) is 4.98 Å². The highest BCUT2D eigenvalue weighted by Crippen LogP contribution is 2.13. The van der Waals surface area contributed by atoms with Crippen LogP contribution >= 0.6 is 0 Å². The number of carbonyl (C=O) groups excluding carboxylic acids is 1. The van der Waals surface area contributed by atoms with Gasteiger partial charge in [0.25, 0.3) is 0 Å². The number of rotatable bonds is 3. The molecule has 3 aromatic rings. The Hall–Kier alpha value is -2.75. The van der Waals surface area contributed by atoms with Crippen molar-refractivity contribution in [3.63, 3.8) is 0 Å². The number of pyridine rings is 1. The first kappa shape index (κ1) is 13.2. The number of nitrogens with zero attached hydrogens (tertiary/aromatic N) is 1. The van der Waals surface area contributed by atoms with E-state index in [0.29, 0.717) is 5.56 Å². The number of carbonyl (C=O) groups is 1. The molecule has 1 aromatic heterocycles. The van der Waals surface area contributed by atoms with Crippen LogP contribution in [0, 0.1) is 5.82 Å². The minimum atomic E-state index is -0.566. The van der Waals surface area contributed by atoms with E-state index in [9.17, 15) is 9.18 Å². The summed E-state index contributed by atoms with van der Waals surface area (Å²) in [7, 11) is 0. The van der Waals surface area contributed by atoms with Gasteiger partial charge in [-0.25, -0.2) is 14.2 Å². The number of ether oxygens (including phenoxy) is 1. The third-order valence-corrected chi connectivity index (χ3v) is 3.12. The summed E-state index contributed by atoms with van der Waals surface area (Å²) >= 11 is 0. The first-order valence-electron chi connectivity index (χ1n) is 6.50. The summed E-state index contributed by atoms with van der Waals surface area (Å²) in [6.07, 6.45) is 0. The lowest BCUT2D eigenvalue weighted by molar-refractivity contribution is 0.0462. The van der Waals surface area contributed by atoms with Gasteiger partial charge in [-0.15, -0.1) is 0 Å². The summed E-state index contributed by atoms with van der Waals surface area (Å²) in [6.45, 7) is -0.111. The summed E-state index contributed by atoms with van der Waals surface area (Å²) < 4.78 is 18.5. The Morgan fingerprint density at radius 3 is 2.62 bits per heavy atom. The van der Waals surface area contributed by atoms with Crippen LogP contribution in [0.25, 0.3) is 10.9 Å². The Morgan fingerprint density at radius 1 is 1.00 bits per heavy atom. The second kappa shape index (κ2) is 5.71. The average molecular weight is 281 g/mol. The zero-order chi connectivity index (χ0) is 14.7. The fraction of sp³-hybridized carbons (Fsp3) is 0.0588. The topological polar surface area (TPSA) is 39.2 Å². The molecular weight excluding hydrogens is 269 g/mol. The van der Waals surface area contributed by atoms with Crippen LogP contribution in [0.4, 0.5) is 4.39 Å². The molecule has 1 heterocycles. The molecule has 3 nitrogen and oxygen atoms in total. The molecule has 4 heteroatoms. The maximum Gasteiger partial charge on any atom is 0.357 e. The van der Waals surface area contributed by atoms with E-state index in [1.54, 1.807) is 24.3 Å². The molecule has 0 radical (unpaired) electrons. The quantitative estimate of drug-likeness (QED) is 0.687. The Morgan fingerprint density at radius 2 is 1.76 bits per heavy atom. The smallest absolute Gasteiger partial charge is 0.357 e. The number of hydrogen-bond donors (Lipinski definition) is 0. The van der Waals surface area contributed by atoms with Gasteiger partial charge in [-0.1, -0.05) is 42.5 Å². The van der Waals surface area contributed by atoms with E-state index in [4.69, 9.17) is 4.74 Å². The van der Waals surface area contributed by atoms with Gasteiger partial charge in [-0.2, -0.15) is 0 Å². The second-order valence-corrected chi connectivity index (χ2v) is 4.56. The molecule has 2 aromatic carbocycles. The standard InChI is InChI=1S/C17H12FNO2/c18-14-7-3-1-6-13(14)11-21-17(20)16-10-9-12-5-2-4-8-15(12)19-16/h1-10H,11H2. The number of fused-ring (bicyclic) bond motifs is 1. The van der Waals surface area contributed by atoms with Crippen LogP contribution in [-0.4, -0.2) is 11.0 Å². The van der Waals surface area contributed by atoms with E-state index in [2.05, 4.69) is 4.98 Å². The molecule has 3 rings (SSSR count). The molecule has 0 aliphatic heterocycles. The van der Waals surface area contributed by atoms with E-state index < -0.39 is 11.8 Å². The fourth-order valence-electron chi connectivity index (χ4n) is 2.01. The van der Waals surface area contributed by atoms with Crippen molar-refractivity contribution in [1.29, 1.82) is 0 Å². The Kier molecular flexibility index (Phi) is 3.60. The summed E-state index contributed by atoms with van der Waals surface area (Å²) in [4.78, 5) is 16.2. The Balaban J connectivity index is 1.76. The average Bonchev–Trinajstić information content (AvgIpc) is 2.53. The van der Waals surface area contributed by atoms with Gasteiger partial charge in [0.15, 0.2) is 0 Å². The number of esters is 1. The highest BCUT2D eigenvalue weighted by atomic mass is 19.1. The van der Waals surface area contributed by atoms with Crippen molar-refractivity contribution < 1.29 is 13.9 Å². The van der Waals surface area contributed by atoms with Gasteiger partial charge in [0.1, 0.15) is 18.1 Å². The molecule has 0 saturated heterocycles. The van der Waals surface area contributed by atoms with E-state index in [-0.39, 0.29) is 12.3 Å². The van der Waals surface area contributed by atoms with Gasteiger partial charge in [0.2, 0.25) is 0 Å². The predicted octanol–water partition coefficient (Wildman–Crippen LogP) is 3.73. The zero-order valence-electron chi connectivity index (χ0n) is 11.1. The van der Waals surface area contributed by atoms with Gasteiger partial charge in [0.05, 0.1) is 5.52 Å². The minimum Gasteiger partial charge on any atom is -0.456 e. The molecule has 0 unspecified atom stereocenters. The third-order valence-electron chi connectivity index (χ3n) is 3.12. The largest absolute Gasteiger partial charge is 0.456 e. The SMILES string of the molecule is O=C(OCc1ccccc1F)c1ccc2ccccc2n1. The molecule has 0 saturated carbocycles. The number of para-hydroxylation sites is 1. The van der Waals surface area contributed by atoms with E-state index in [1.807, 2.05) is 30.3 Å². The van der Waals surface area contributed by atoms with E-state index in [1.165, 1.54) is 6.07 Å². The lowest BCUT2D eigenvalue weighted by Crippen LogP contribution is -2.08. The normalized spacial score (nSPS) is 10.5. The molecule has 0 spiro atoms. The number of aromatic nitrogens is 1. The highest BCUT2D eigenvalue weighted by Gasteiger charge is 2.11. The van der Waals surface area contributed by atoms with Gasteiger partial charge in [0, 0.05) is 10.9 Å². The maximum absolute atomic E-state index is 13.4. The van der Waals surface area contributed by atoms with Crippen LogP contribution in [0.1, 0.15) is 16.1 Å². The lowest BCUT2D eigenvalue weighted by atomic mass is 10.2. The number of halogens is 1. The van der Waals surface area contributed by atoms with Crippen LogP contribution in [0.15, 0.2) is 60.7 Å². The summed E-state index contributed by atoms with van der Waals surface area (Å²) in [5.41, 5.74) is 1.27. The zero-order valence-corrected chi connectivity index (χ0v) is 11.1. The molecule has 0 amide bonds. The first-order chi connectivity index (χ1) is 10.2. The predicted molar refractivity (Wildman–Crippen MR) is 77.3 cm³/mol. The van der Waals surface area contributed by atoms with E-state index in [0.717, 1.165) is 10.9 Å². The minimum absolute atomic E-state index is 0.111. The van der Waals surface area contributed by atoms with Crippen molar-refractivity contribution in [2.45, 2.75) is 6.61 Å². The lowest BCUT2D eigenvalue weighted by Gasteiger charge is -2.06. The summed E-state index contributed by atoms with van der Waals surface area (Å²) in [6, 6.07) is 17.1. The molecule has 0 fully saturated rings. The number of hydrogen-bond acceptors (Lipinski definition) is 3. The van der Waals surface area contributed by atoms with Gasteiger partial charge < -0.3 is 4.74 Å². The molecule has 0 aliphatic carbocycles. The molecule has 0 aliphatic rings. The van der Waals surface area contributed by atoms with Crippen molar-refractivity contribution in [3.05, 3.63) is 77.7 Å². The van der Waals surface area contributed by atoms with Gasteiger partial charge in [-0.05, 0) is 18.2 Å². The van der Waals surface area contributed by atoms with Crippen molar-refractivity contribution >= 4 is 16.9 Å². The fourth-order valence-corrected chi connectivity index (χ4v) is 2.01. The molecule has 21 heavy (non-hydrogen) atoms. The first-order valence-corrected chi connectivity index (χ1v) is 6.50. The van der Waals surface area contributed by atoms with Crippen LogP contribution < -0.4 is 0 Å². The van der Waals surface area contributed by atoms with Crippen LogP contribution in [0.2, 0.25) is 0 Å². The molecule has 104 valence electrons. The Labute approximate surface area is 121 Å². The van der Waals surface area contributed by atoms with Gasteiger partial charge >= 0.3 is 5.97 Å². The highest BCUT2D eigenvalue weighted by molar-refractivity contribution is 5.90. The van der Waals surface area contributed by atoms with Crippen LogP contribution in [0.5, 0.6) is 0 Å². The maximum atomic E-state index is 13.4. The molecule has 0 atom stereocenters. The van der Waals surface area contributed by atoms with Crippen molar-refractivity contribution in [2.75, 3.05) is 0 Å². The van der Waals surface area contributed by atoms with Crippen LogP contribution in [-0.2, 0) is 11.3 Å². The Bertz CT molecular complexity index is 801. The van der Waals surface area contributed by atoms with E-state index >= 15 is 0 Å². The van der Waals surface area contributed by atoms with Crippen molar-refractivity contribution in [3.8, 4) is 0 Å². The molecule has 0 N–H and O–H groups in total. The van der Waals surface area contributed by atoms with Crippen LogP contribution in [0.3, 0.4) is 0 Å². The summed E-state index contributed by atoms with van der Waals surface area (Å²) in [5.74, 6) is -0.958. The number of benzene rings is 2. The summed E-state index contributed by atoms with van der Waals surface area (Å²) in [5, 5.41) is 0.947. The van der Waals surface area contributed by atoms with Gasteiger partial charge in [-0.3, -0.25) is 0 Å². The van der Waals surface area contributed by atoms with Crippen molar-refractivity contribution in [2.24, 2.45) is 0 Å². The monoisotopic (exact) mass is 281 g/mol. The molecule has 0 bridgehead atoms. The second-order valence-electron chi connectivity index (χ2n) is 4.56. The molecular formula is C17H12FNO2. The third kappa shape index (κ3) is 2.89.